The molecule has 0 aromatic carbocycles. The molecule has 0 saturated heterocycles. The summed E-state index contributed by atoms with van der Waals surface area (Å²) in [5, 5.41) is 9.76. The monoisotopic (exact) mass is 246 g/mol. The largest absolute Gasteiger partial charge is 0.397 e. The molecule has 2 rings (SSSR count). The summed E-state index contributed by atoms with van der Waals surface area (Å²) >= 11 is 1.56. The number of hydrogen-bond acceptors (Lipinski definition) is 5. The molecule has 4 N–H and O–H groups in total. The maximum Gasteiger partial charge on any atom is 0.143 e. The summed E-state index contributed by atoms with van der Waals surface area (Å²) in [5.74, 6) is 0.815. The van der Waals surface area contributed by atoms with E-state index >= 15 is 0 Å². The van der Waals surface area contributed by atoms with Gasteiger partial charge >= 0.3 is 0 Å². The van der Waals surface area contributed by atoms with Crippen molar-refractivity contribution in [3.63, 3.8) is 0 Å². The van der Waals surface area contributed by atoms with Crippen molar-refractivity contribution in [3.05, 3.63) is 16.5 Å². The minimum Gasteiger partial charge on any atom is -0.397 e. The fraction of sp³-hybridized carbons (Fsp3) is 0.333. The SMILES string of the molecule is CC(C)Cc1sc2nc(N)c(C#N)cc2c1N. The fourth-order valence-electron chi connectivity index (χ4n) is 1.71. The highest BCUT2D eigenvalue weighted by molar-refractivity contribution is 7.19. The van der Waals surface area contributed by atoms with Gasteiger partial charge in [0.1, 0.15) is 16.7 Å². The second-order valence-electron chi connectivity index (χ2n) is 4.42. The van der Waals surface area contributed by atoms with Gasteiger partial charge in [-0.2, -0.15) is 5.26 Å². The Morgan fingerprint density at radius 1 is 1.47 bits per heavy atom. The van der Waals surface area contributed by atoms with Gasteiger partial charge in [-0.3, -0.25) is 0 Å². The van der Waals surface area contributed by atoms with Crippen LogP contribution in [0.5, 0.6) is 0 Å². The Kier molecular flexibility index (Phi) is 2.90. The van der Waals surface area contributed by atoms with Crippen LogP contribution in [0.1, 0.15) is 24.3 Å². The Morgan fingerprint density at radius 3 is 2.76 bits per heavy atom. The molecule has 2 heterocycles. The van der Waals surface area contributed by atoms with Crippen molar-refractivity contribution >= 4 is 33.1 Å². The van der Waals surface area contributed by atoms with E-state index in [0.29, 0.717) is 11.5 Å². The van der Waals surface area contributed by atoms with Crippen LogP contribution in [0.2, 0.25) is 0 Å². The number of rotatable bonds is 2. The first-order valence-electron chi connectivity index (χ1n) is 5.40. The third-order valence-electron chi connectivity index (χ3n) is 2.54. The van der Waals surface area contributed by atoms with E-state index in [4.69, 9.17) is 16.7 Å². The van der Waals surface area contributed by atoms with Crippen molar-refractivity contribution < 1.29 is 0 Å². The van der Waals surface area contributed by atoms with Crippen LogP contribution < -0.4 is 11.5 Å². The summed E-state index contributed by atoms with van der Waals surface area (Å²) in [4.78, 5) is 6.17. The number of pyridine rings is 1. The molecule has 17 heavy (non-hydrogen) atoms. The summed E-state index contributed by atoms with van der Waals surface area (Å²) < 4.78 is 0. The maximum absolute atomic E-state index is 8.91. The minimum atomic E-state index is 0.275. The molecular formula is C12H14N4S. The summed E-state index contributed by atoms with van der Waals surface area (Å²) in [6, 6.07) is 3.76. The van der Waals surface area contributed by atoms with E-state index in [2.05, 4.69) is 18.8 Å². The standard InChI is InChI=1S/C12H14N4S/c1-6(2)3-9-10(14)8-4-7(5-13)11(15)16-12(8)17-9/h4,6H,3,14H2,1-2H3,(H2,15,16). The Hall–Kier alpha value is -1.80. The highest BCUT2D eigenvalue weighted by atomic mass is 32.1. The number of hydrogen-bond donors (Lipinski definition) is 2. The van der Waals surface area contributed by atoms with Crippen LogP contribution in [0.4, 0.5) is 11.5 Å². The lowest BCUT2D eigenvalue weighted by Crippen LogP contribution is -1.96. The molecule has 0 bridgehead atoms. The predicted octanol–water partition coefficient (Wildman–Crippen LogP) is 2.53. The molecule has 2 aromatic rings. The van der Waals surface area contributed by atoms with Crippen molar-refractivity contribution in [2.75, 3.05) is 11.5 Å². The second kappa shape index (κ2) is 4.22. The molecule has 0 saturated carbocycles. The maximum atomic E-state index is 8.91. The van der Waals surface area contributed by atoms with Gasteiger partial charge in [0.2, 0.25) is 0 Å². The number of nitrogen functional groups attached to an aromatic ring is 2. The molecule has 0 amide bonds. The van der Waals surface area contributed by atoms with Crippen LogP contribution in [0.3, 0.4) is 0 Å². The quantitative estimate of drug-likeness (QED) is 0.852. The van der Waals surface area contributed by atoms with Crippen molar-refractivity contribution in [3.8, 4) is 6.07 Å². The van der Waals surface area contributed by atoms with E-state index in [1.54, 1.807) is 17.4 Å². The van der Waals surface area contributed by atoms with Crippen molar-refractivity contribution in [1.82, 2.24) is 4.98 Å². The normalized spacial score (nSPS) is 10.9. The molecule has 0 aliphatic heterocycles. The van der Waals surface area contributed by atoms with Gasteiger partial charge in [-0.05, 0) is 18.4 Å². The summed E-state index contributed by atoms with van der Waals surface area (Å²) in [6.07, 6.45) is 0.925. The molecule has 0 aliphatic rings. The zero-order valence-electron chi connectivity index (χ0n) is 9.82. The Labute approximate surface area is 104 Å². The molecule has 0 unspecified atom stereocenters. The van der Waals surface area contributed by atoms with Crippen molar-refractivity contribution in [2.24, 2.45) is 5.92 Å². The number of anilines is 2. The van der Waals surface area contributed by atoms with Crippen LogP contribution in [0.15, 0.2) is 6.07 Å². The van der Waals surface area contributed by atoms with E-state index in [-0.39, 0.29) is 5.82 Å². The average Bonchev–Trinajstić information content (AvgIpc) is 2.53. The Bertz CT molecular complexity index is 607. The third kappa shape index (κ3) is 2.04. The minimum absolute atomic E-state index is 0.275. The van der Waals surface area contributed by atoms with Gasteiger partial charge < -0.3 is 11.5 Å². The number of fused-ring (bicyclic) bond motifs is 1. The average molecular weight is 246 g/mol. The van der Waals surface area contributed by atoms with E-state index in [0.717, 1.165) is 27.2 Å². The van der Waals surface area contributed by atoms with Gasteiger partial charge in [0, 0.05) is 10.3 Å². The van der Waals surface area contributed by atoms with Gasteiger partial charge in [-0.15, -0.1) is 11.3 Å². The molecule has 0 spiro atoms. The number of aromatic nitrogens is 1. The van der Waals surface area contributed by atoms with Crippen LogP contribution in [0.25, 0.3) is 10.2 Å². The highest BCUT2D eigenvalue weighted by Crippen LogP contribution is 2.35. The number of nitrogens with two attached hydrogens (primary N) is 2. The van der Waals surface area contributed by atoms with Crippen LogP contribution in [0, 0.1) is 17.2 Å². The zero-order chi connectivity index (χ0) is 12.6. The second-order valence-corrected chi connectivity index (χ2v) is 5.51. The molecule has 0 radical (unpaired) electrons. The van der Waals surface area contributed by atoms with Gasteiger partial charge in [0.25, 0.3) is 0 Å². The lowest BCUT2D eigenvalue weighted by atomic mass is 10.1. The first-order chi connectivity index (χ1) is 8.02. The van der Waals surface area contributed by atoms with E-state index in [9.17, 15) is 0 Å². The molecule has 2 aromatic heterocycles. The Morgan fingerprint density at radius 2 is 2.18 bits per heavy atom. The lowest BCUT2D eigenvalue weighted by Gasteiger charge is -2.02. The summed E-state index contributed by atoms with van der Waals surface area (Å²) in [6.45, 7) is 4.29. The molecule has 0 atom stereocenters. The molecule has 88 valence electrons. The molecular weight excluding hydrogens is 232 g/mol. The van der Waals surface area contributed by atoms with Crippen molar-refractivity contribution in [1.29, 1.82) is 5.26 Å². The Balaban J connectivity index is 2.62. The van der Waals surface area contributed by atoms with Crippen LogP contribution in [-0.4, -0.2) is 4.98 Å². The van der Waals surface area contributed by atoms with Gasteiger partial charge in [-0.1, -0.05) is 13.8 Å². The number of thiophene rings is 1. The van der Waals surface area contributed by atoms with Gasteiger partial charge in [-0.25, -0.2) is 4.98 Å². The molecule has 4 nitrogen and oxygen atoms in total. The first kappa shape index (κ1) is 11.7. The summed E-state index contributed by atoms with van der Waals surface area (Å²) in [5.41, 5.74) is 12.9. The smallest absolute Gasteiger partial charge is 0.143 e. The number of nitrogens with zero attached hydrogens (tertiary/aromatic N) is 2. The van der Waals surface area contributed by atoms with E-state index < -0.39 is 0 Å². The fourth-order valence-corrected chi connectivity index (χ4v) is 3.01. The zero-order valence-corrected chi connectivity index (χ0v) is 10.6. The van der Waals surface area contributed by atoms with Gasteiger partial charge in [0.15, 0.2) is 0 Å². The molecule has 5 heteroatoms. The van der Waals surface area contributed by atoms with Crippen LogP contribution >= 0.6 is 11.3 Å². The molecule has 0 fully saturated rings. The highest BCUT2D eigenvalue weighted by Gasteiger charge is 2.14. The first-order valence-corrected chi connectivity index (χ1v) is 6.22. The topological polar surface area (TPSA) is 88.7 Å². The third-order valence-corrected chi connectivity index (χ3v) is 3.68. The van der Waals surface area contributed by atoms with E-state index in [1.165, 1.54) is 0 Å². The van der Waals surface area contributed by atoms with Gasteiger partial charge in [0.05, 0.1) is 11.3 Å². The van der Waals surface area contributed by atoms with Crippen molar-refractivity contribution in [2.45, 2.75) is 20.3 Å². The van der Waals surface area contributed by atoms with Crippen LogP contribution in [-0.2, 0) is 6.42 Å². The van der Waals surface area contributed by atoms with E-state index in [1.807, 2.05) is 6.07 Å². The summed E-state index contributed by atoms with van der Waals surface area (Å²) in [7, 11) is 0. The predicted molar refractivity (Wildman–Crippen MR) is 71.7 cm³/mol. The number of nitriles is 1. The lowest BCUT2D eigenvalue weighted by molar-refractivity contribution is 0.655. The molecule has 0 aliphatic carbocycles.